The minimum absolute atomic E-state index is 0.146. The molecule has 0 saturated heterocycles. The lowest BCUT2D eigenvalue weighted by molar-refractivity contribution is 0.350. The number of hydrogen-bond acceptors (Lipinski definition) is 2. The molecule has 0 heterocycles. The van der Waals surface area contributed by atoms with Crippen LogP contribution < -0.4 is 11.1 Å². The molecule has 0 unspecified atom stereocenters. The van der Waals surface area contributed by atoms with Gasteiger partial charge < -0.3 is 16.2 Å². The fourth-order valence-corrected chi connectivity index (χ4v) is 1.08. The van der Waals surface area contributed by atoms with Gasteiger partial charge in [-0.15, -0.1) is 0 Å². The molecule has 0 aliphatic heterocycles. The van der Waals surface area contributed by atoms with E-state index in [9.17, 15) is 0 Å². The first kappa shape index (κ1) is 10.5. The number of nitrogens with one attached hydrogen (secondary N) is 1. The molecule has 0 radical (unpaired) electrons. The van der Waals surface area contributed by atoms with E-state index >= 15 is 0 Å². The van der Waals surface area contributed by atoms with E-state index in [1.807, 2.05) is 24.3 Å². The third kappa shape index (κ3) is 3.44. The van der Waals surface area contributed by atoms with Crippen molar-refractivity contribution in [2.75, 3.05) is 11.9 Å². The van der Waals surface area contributed by atoms with Crippen molar-refractivity contribution in [1.82, 2.24) is 0 Å². The van der Waals surface area contributed by atoms with Gasteiger partial charge in [-0.1, -0.05) is 17.9 Å². The molecular formula is C10H10N2OS. The second kappa shape index (κ2) is 5.22. The van der Waals surface area contributed by atoms with Crippen LogP contribution in [0.4, 0.5) is 5.69 Å². The van der Waals surface area contributed by atoms with Gasteiger partial charge in [0.05, 0.1) is 0 Å². The summed E-state index contributed by atoms with van der Waals surface area (Å²) in [5.74, 6) is 5.34. The number of hydrogen-bond donors (Lipinski definition) is 3. The van der Waals surface area contributed by atoms with E-state index in [1.54, 1.807) is 0 Å². The highest BCUT2D eigenvalue weighted by Crippen LogP contribution is 2.08. The van der Waals surface area contributed by atoms with Gasteiger partial charge in [0.2, 0.25) is 0 Å². The average molecular weight is 206 g/mol. The van der Waals surface area contributed by atoms with Crippen molar-refractivity contribution in [3.63, 3.8) is 0 Å². The SMILES string of the molecule is NC(=S)Nc1cccc(C#CCO)c1. The van der Waals surface area contributed by atoms with E-state index in [-0.39, 0.29) is 11.7 Å². The molecule has 4 heteroatoms. The Bertz CT molecular complexity index is 393. The van der Waals surface area contributed by atoms with E-state index in [4.69, 9.17) is 23.1 Å². The smallest absolute Gasteiger partial charge is 0.168 e. The van der Waals surface area contributed by atoms with Crippen LogP contribution in [-0.2, 0) is 0 Å². The third-order valence-corrected chi connectivity index (χ3v) is 1.54. The monoisotopic (exact) mass is 206 g/mol. The van der Waals surface area contributed by atoms with Crippen LogP contribution in [0.1, 0.15) is 5.56 Å². The Labute approximate surface area is 87.9 Å². The summed E-state index contributed by atoms with van der Waals surface area (Å²) in [4.78, 5) is 0. The number of aliphatic hydroxyl groups is 1. The molecule has 1 aromatic rings. The molecule has 0 amide bonds. The second-order valence-electron chi connectivity index (χ2n) is 2.53. The molecule has 4 N–H and O–H groups in total. The van der Waals surface area contributed by atoms with Gasteiger partial charge in [-0.25, -0.2) is 0 Å². The second-order valence-corrected chi connectivity index (χ2v) is 2.97. The summed E-state index contributed by atoms with van der Waals surface area (Å²) in [5.41, 5.74) is 6.92. The highest BCUT2D eigenvalue weighted by molar-refractivity contribution is 7.80. The highest BCUT2D eigenvalue weighted by Gasteiger charge is 1.93. The maximum absolute atomic E-state index is 8.51. The van der Waals surface area contributed by atoms with Crippen molar-refractivity contribution in [3.8, 4) is 11.8 Å². The molecule has 0 spiro atoms. The Morgan fingerprint density at radius 2 is 2.36 bits per heavy atom. The van der Waals surface area contributed by atoms with Crippen LogP contribution in [0.3, 0.4) is 0 Å². The first-order valence-electron chi connectivity index (χ1n) is 3.98. The van der Waals surface area contributed by atoms with Gasteiger partial charge in [0.25, 0.3) is 0 Å². The Kier molecular flexibility index (Phi) is 3.92. The molecule has 0 atom stereocenters. The van der Waals surface area contributed by atoms with Crippen molar-refractivity contribution in [1.29, 1.82) is 0 Å². The van der Waals surface area contributed by atoms with E-state index < -0.39 is 0 Å². The van der Waals surface area contributed by atoms with Crippen molar-refractivity contribution in [2.45, 2.75) is 0 Å². The molecule has 72 valence electrons. The highest BCUT2D eigenvalue weighted by atomic mass is 32.1. The van der Waals surface area contributed by atoms with Gasteiger partial charge in [-0.2, -0.15) is 0 Å². The van der Waals surface area contributed by atoms with Crippen LogP contribution in [0.2, 0.25) is 0 Å². The quantitative estimate of drug-likeness (QED) is 0.467. The topological polar surface area (TPSA) is 58.3 Å². The summed E-state index contributed by atoms with van der Waals surface area (Å²) in [6.45, 7) is -0.146. The van der Waals surface area contributed by atoms with Crippen LogP contribution in [0.5, 0.6) is 0 Å². The Hall–Kier alpha value is -1.57. The van der Waals surface area contributed by atoms with Gasteiger partial charge in [-0.05, 0) is 30.4 Å². The summed E-state index contributed by atoms with van der Waals surface area (Å²) >= 11 is 4.70. The average Bonchev–Trinajstić information content (AvgIpc) is 2.14. The molecule has 1 aromatic carbocycles. The van der Waals surface area contributed by atoms with E-state index in [1.165, 1.54) is 0 Å². The van der Waals surface area contributed by atoms with Crippen LogP contribution in [-0.4, -0.2) is 16.8 Å². The minimum atomic E-state index is -0.146. The normalized spacial score (nSPS) is 8.64. The maximum Gasteiger partial charge on any atom is 0.168 e. The Balaban J connectivity index is 2.84. The number of rotatable bonds is 1. The van der Waals surface area contributed by atoms with Crippen molar-refractivity contribution < 1.29 is 5.11 Å². The maximum atomic E-state index is 8.51. The fourth-order valence-electron chi connectivity index (χ4n) is 0.959. The zero-order valence-corrected chi connectivity index (χ0v) is 8.27. The van der Waals surface area contributed by atoms with E-state index in [0.717, 1.165) is 11.3 Å². The largest absolute Gasteiger partial charge is 0.384 e. The van der Waals surface area contributed by atoms with Crippen molar-refractivity contribution >= 4 is 23.0 Å². The number of nitrogens with two attached hydrogens (primary N) is 1. The summed E-state index contributed by atoms with van der Waals surface area (Å²) in [5, 5.41) is 11.5. The van der Waals surface area contributed by atoms with Gasteiger partial charge in [-0.3, -0.25) is 0 Å². The number of thiocarbonyl (C=S) groups is 1. The summed E-state index contributed by atoms with van der Waals surface area (Å²) < 4.78 is 0. The zero-order chi connectivity index (χ0) is 10.4. The first-order valence-corrected chi connectivity index (χ1v) is 4.39. The minimum Gasteiger partial charge on any atom is -0.384 e. The molecule has 0 aliphatic carbocycles. The van der Waals surface area contributed by atoms with Crippen LogP contribution in [0.25, 0.3) is 0 Å². The molecule has 0 fully saturated rings. The molecule has 14 heavy (non-hydrogen) atoms. The van der Waals surface area contributed by atoms with Gasteiger partial charge in [0.1, 0.15) is 6.61 Å². The fraction of sp³-hybridized carbons (Fsp3) is 0.100. The number of aliphatic hydroxyl groups excluding tert-OH is 1. The van der Waals surface area contributed by atoms with Gasteiger partial charge in [0.15, 0.2) is 5.11 Å². The molecule has 1 rings (SSSR count). The zero-order valence-electron chi connectivity index (χ0n) is 7.45. The predicted molar refractivity (Wildman–Crippen MR) is 60.8 cm³/mol. The Morgan fingerprint density at radius 1 is 1.57 bits per heavy atom. The lowest BCUT2D eigenvalue weighted by atomic mass is 10.2. The Morgan fingerprint density at radius 3 is 3.00 bits per heavy atom. The van der Waals surface area contributed by atoms with E-state index in [2.05, 4.69) is 17.2 Å². The molecule has 0 bridgehead atoms. The standard InChI is InChI=1S/C10H10N2OS/c11-10(14)12-9-5-1-3-8(7-9)4-2-6-13/h1,3,5,7,13H,6H2,(H3,11,12,14). The summed E-state index contributed by atoms with van der Waals surface area (Å²) in [7, 11) is 0. The number of anilines is 1. The molecule has 0 saturated carbocycles. The molecule has 3 nitrogen and oxygen atoms in total. The van der Waals surface area contributed by atoms with Crippen LogP contribution in [0, 0.1) is 11.8 Å². The number of benzene rings is 1. The van der Waals surface area contributed by atoms with Crippen molar-refractivity contribution in [2.24, 2.45) is 5.73 Å². The lowest BCUT2D eigenvalue weighted by Gasteiger charge is -2.02. The van der Waals surface area contributed by atoms with Crippen LogP contribution >= 0.6 is 12.2 Å². The lowest BCUT2D eigenvalue weighted by Crippen LogP contribution is -2.18. The molecular weight excluding hydrogens is 196 g/mol. The van der Waals surface area contributed by atoms with Gasteiger partial charge in [0, 0.05) is 11.3 Å². The van der Waals surface area contributed by atoms with Gasteiger partial charge >= 0.3 is 0 Å². The van der Waals surface area contributed by atoms with E-state index in [0.29, 0.717) is 0 Å². The van der Waals surface area contributed by atoms with Crippen LogP contribution in [0.15, 0.2) is 24.3 Å². The summed E-state index contributed by atoms with van der Waals surface area (Å²) in [6, 6.07) is 7.32. The first-order chi connectivity index (χ1) is 6.72. The predicted octanol–water partition coefficient (Wildman–Crippen LogP) is 0.686. The van der Waals surface area contributed by atoms with Crippen molar-refractivity contribution in [3.05, 3.63) is 29.8 Å². The summed E-state index contributed by atoms with van der Waals surface area (Å²) in [6.07, 6.45) is 0. The third-order valence-electron chi connectivity index (χ3n) is 1.44. The molecule has 0 aliphatic rings. The molecule has 0 aromatic heterocycles.